The van der Waals surface area contributed by atoms with Crippen molar-refractivity contribution in [2.45, 2.75) is 6.54 Å². The molecule has 0 aliphatic heterocycles. The van der Waals surface area contributed by atoms with Gasteiger partial charge in [0.1, 0.15) is 11.3 Å². The number of aromatic nitrogens is 1. The maximum absolute atomic E-state index is 12.5. The van der Waals surface area contributed by atoms with E-state index >= 15 is 0 Å². The number of likely N-dealkylation sites (N-methyl/N-ethyl adjacent to an activating group) is 1. The van der Waals surface area contributed by atoms with Crippen LogP contribution in [0.25, 0.3) is 0 Å². The largest absolute Gasteiger partial charge is 0.452 e. The Labute approximate surface area is 173 Å². The number of para-hydroxylation sites is 1. The van der Waals surface area contributed by atoms with Gasteiger partial charge in [0.2, 0.25) is 5.88 Å². The molecule has 0 aliphatic rings. The number of ether oxygens (including phenoxy) is 2. The predicted octanol–water partition coefficient (Wildman–Crippen LogP) is 4.34. The minimum atomic E-state index is -0.687. The smallest absolute Gasteiger partial charge is 0.344 e. The number of rotatable bonds is 7. The van der Waals surface area contributed by atoms with E-state index in [-0.39, 0.29) is 17.4 Å². The third-order valence-corrected chi connectivity index (χ3v) is 4.25. The molecule has 0 aliphatic carbocycles. The molecule has 148 valence electrons. The van der Waals surface area contributed by atoms with Crippen LogP contribution in [0, 0.1) is 0 Å². The molecule has 0 fully saturated rings. The topological polar surface area (TPSA) is 68.7 Å². The van der Waals surface area contributed by atoms with Crippen LogP contribution >= 0.6 is 11.6 Å². The summed E-state index contributed by atoms with van der Waals surface area (Å²) in [5.74, 6) is -0.373. The summed E-state index contributed by atoms with van der Waals surface area (Å²) in [4.78, 5) is 30.3. The number of hydrogen-bond acceptors (Lipinski definition) is 5. The van der Waals surface area contributed by atoms with E-state index in [9.17, 15) is 9.59 Å². The lowest BCUT2D eigenvalue weighted by atomic mass is 10.2. The zero-order valence-corrected chi connectivity index (χ0v) is 16.5. The minimum Gasteiger partial charge on any atom is -0.452 e. The van der Waals surface area contributed by atoms with Crippen LogP contribution in [0.2, 0.25) is 5.02 Å². The van der Waals surface area contributed by atoms with Gasteiger partial charge in [0.05, 0.1) is 0 Å². The fourth-order valence-corrected chi connectivity index (χ4v) is 2.75. The molecule has 6 nitrogen and oxygen atoms in total. The molecule has 1 amide bonds. The highest BCUT2D eigenvalue weighted by atomic mass is 35.5. The zero-order valence-electron chi connectivity index (χ0n) is 15.7. The first-order valence-corrected chi connectivity index (χ1v) is 9.24. The summed E-state index contributed by atoms with van der Waals surface area (Å²) in [6.07, 6.45) is 1.51. The second-order valence-corrected chi connectivity index (χ2v) is 6.66. The van der Waals surface area contributed by atoms with E-state index in [1.54, 1.807) is 37.4 Å². The molecule has 0 atom stereocenters. The van der Waals surface area contributed by atoms with Crippen LogP contribution < -0.4 is 4.74 Å². The van der Waals surface area contributed by atoms with Gasteiger partial charge in [-0.15, -0.1) is 0 Å². The van der Waals surface area contributed by atoms with Crippen molar-refractivity contribution < 1.29 is 19.1 Å². The number of carbonyl (C=O) groups is 2. The first-order valence-electron chi connectivity index (χ1n) is 8.86. The van der Waals surface area contributed by atoms with Crippen molar-refractivity contribution in [2.24, 2.45) is 0 Å². The second-order valence-electron chi connectivity index (χ2n) is 6.23. The first-order chi connectivity index (χ1) is 14.0. The highest BCUT2D eigenvalue weighted by Crippen LogP contribution is 2.23. The average molecular weight is 411 g/mol. The van der Waals surface area contributed by atoms with Crippen molar-refractivity contribution >= 4 is 23.5 Å². The van der Waals surface area contributed by atoms with Crippen molar-refractivity contribution in [3.8, 4) is 11.6 Å². The van der Waals surface area contributed by atoms with Crippen LogP contribution in [-0.4, -0.2) is 35.4 Å². The van der Waals surface area contributed by atoms with Gasteiger partial charge in [0.15, 0.2) is 6.61 Å². The van der Waals surface area contributed by atoms with E-state index in [1.807, 2.05) is 30.3 Å². The van der Waals surface area contributed by atoms with E-state index in [0.29, 0.717) is 17.3 Å². The number of hydrogen-bond donors (Lipinski definition) is 0. The van der Waals surface area contributed by atoms with Crippen molar-refractivity contribution in [3.63, 3.8) is 0 Å². The predicted molar refractivity (Wildman–Crippen MR) is 109 cm³/mol. The Bertz CT molecular complexity index is 995. The van der Waals surface area contributed by atoms with Crippen molar-refractivity contribution in [3.05, 3.63) is 89.1 Å². The fourth-order valence-electron chi connectivity index (χ4n) is 2.54. The number of carbonyl (C=O) groups excluding carboxylic acids is 2. The molecule has 7 heteroatoms. The number of esters is 1. The molecular formula is C22H19ClN2O4. The molecule has 0 spiro atoms. The van der Waals surface area contributed by atoms with Gasteiger partial charge in [-0.1, -0.05) is 41.9 Å². The highest BCUT2D eigenvalue weighted by molar-refractivity contribution is 6.30. The lowest BCUT2D eigenvalue weighted by molar-refractivity contribution is -0.133. The average Bonchev–Trinajstić information content (AvgIpc) is 2.73. The summed E-state index contributed by atoms with van der Waals surface area (Å²) in [6, 6.07) is 19.3. The summed E-state index contributed by atoms with van der Waals surface area (Å²) in [6.45, 7) is -0.0399. The molecular weight excluding hydrogens is 392 g/mol. The summed E-state index contributed by atoms with van der Waals surface area (Å²) in [5.41, 5.74) is 1.02. The SMILES string of the molecule is CN(Cc1cccc(Cl)c1)C(=O)COC(=O)c1cccnc1Oc1ccccc1. The molecule has 29 heavy (non-hydrogen) atoms. The summed E-state index contributed by atoms with van der Waals surface area (Å²) in [5, 5.41) is 0.595. The molecule has 3 rings (SSSR count). The standard InChI is InChI=1S/C22H19ClN2O4/c1-25(14-16-7-5-8-17(23)13-16)20(26)15-28-22(27)19-11-6-12-24-21(19)29-18-9-3-2-4-10-18/h2-13H,14-15H2,1H3. The van der Waals surface area contributed by atoms with E-state index in [0.717, 1.165) is 5.56 Å². The Morgan fingerprint density at radius 1 is 1.03 bits per heavy atom. The zero-order chi connectivity index (χ0) is 20.6. The Morgan fingerprint density at radius 3 is 2.59 bits per heavy atom. The number of amides is 1. The van der Waals surface area contributed by atoms with Gasteiger partial charge in [0.25, 0.3) is 5.91 Å². The van der Waals surface area contributed by atoms with E-state index in [1.165, 1.54) is 17.2 Å². The summed E-state index contributed by atoms with van der Waals surface area (Å²) >= 11 is 5.96. The van der Waals surface area contributed by atoms with Gasteiger partial charge in [-0.05, 0) is 42.0 Å². The minimum absolute atomic E-state index is 0.114. The van der Waals surface area contributed by atoms with E-state index in [4.69, 9.17) is 21.1 Å². The second kappa shape index (κ2) is 9.71. The van der Waals surface area contributed by atoms with Crippen LogP contribution in [0.4, 0.5) is 0 Å². The molecule has 3 aromatic rings. The van der Waals surface area contributed by atoms with Crippen molar-refractivity contribution in [1.29, 1.82) is 0 Å². The molecule has 0 saturated carbocycles. The van der Waals surface area contributed by atoms with Gasteiger partial charge in [-0.25, -0.2) is 9.78 Å². The molecule has 0 saturated heterocycles. The summed E-state index contributed by atoms with van der Waals surface area (Å²) < 4.78 is 10.8. The third-order valence-electron chi connectivity index (χ3n) is 4.01. The summed E-state index contributed by atoms with van der Waals surface area (Å²) in [7, 11) is 1.63. The quantitative estimate of drug-likeness (QED) is 0.542. The van der Waals surface area contributed by atoms with Gasteiger partial charge in [-0.3, -0.25) is 4.79 Å². The van der Waals surface area contributed by atoms with Crippen molar-refractivity contribution in [1.82, 2.24) is 9.88 Å². The van der Waals surface area contributed by atoms with E-state index in [2.05, 4.69) is 4.98 Å². The Hall–Kier alpha value is -3.38. The molecule has 2 aromatic carbocycles. The third kappa shape index (κ3) is 5.80. The molecule has 0 unspecified atom stereocenters. The Kier molecular flexibility index (Phi) is 6.81. The normalized spacial score (nSPS) is 10.3. The number of halogens is 1. The van der Waals surface area contributed by atoms with E-state index < -0.39 is 12.6 Å². The number of benzene rings is 2. The van der Waals surface area contributed by atoms with Crippen LogP contribution in [-0.2, 0) is 16.1 Å². The highest BCUT2D eigenvalue weighted by Gasteiger charge is 2.18. The maximum atomic E-state index is 12.5. The lowest BCUT2D eigenvalue weighted by Gasteiger charge is -2.17. The lowest BCUT2D eigenvalue weighted by Crippen LogP contribution is -2.30. The molecule has 1 heterocycles. The van der Waals surface area contributed by atoms with Crippen LogP contribution in [0.1, 0.15) is 15.9 Å². The molecule has 0 N–H and O–H groups in total. The van der Waals surface area contributed by atoms with Gasteiger partial charge >= 0.3 is 5.97 Å². The molecule has 0 radical (unpaired) electrons. The maximum Gasteiger partial charge on any atom is 0.344 e. The van der Waals surface area contributed by atoms with Crippen LogP contribution in [0.3, 0.4) is 0 Å². The number of nitrogens with zero attached hydrogens (tertiary/aromatic N) is 2. The monoisotopic (exact) mass is 410 g/mol. The Balaban J connectivity index is 1.59. The molecule has 0 bridgehead atoms. The first kappa shape index (κ1) is 20.4. The van der Waals surface area contributed by atoms with Gasteiger partial charge in [0, 0.05) is 24.8 Å². The van der Waals surface area contributed by atoms with Crippen LogP contribution in [0.5, 0.6) is 11.6 Å². The van der Waals surface area contributed by atoms with Crippen LogP contribution in [0.15, 0.2) is 72.9 Å². The van der Waals surface area contributed by atoms with Gasteiger partial charge < -0.3 is 14.4 Å². The number of pyridine rings is 1. The van der Waals surface area contributed by atoms with Gasteiger partial charge in [-0.2, -0.15) is 0 Å². The molecule has 1 aromatic heterocycles. The Morgan fingerprint density at radius 2 is 1.83 bits per heavy atom. The fraction of sp³-hybridized carbons (Fsp3) is 0.136. The van der Waals surface area contributed by atoms with Crippen molar-refractivity contribution in [2.75, 3.05) is 13.7 Å².